The van der Waals surface area contributed by atoms with Gasteiger partial charge in [-0.05, 0) is 57.6 Å². The molecule has 2 aromatic heterocycles. The lowest BCUT2D eigenvalue weighted by Crippen LogP contribution is -2.33. The largest absolute Gasteiger partial charge is 0.378 e. The van der Waals surface area contributed by atoms with Crippen LogP contribution in [0.15, 0.2) is 24.4 Å². The molecule has 0 unspecified atom stereocenters. The van der Waals surface area contributed by atoms with Gasteiger partial charge in [0.25, 0.3) is 0 Å². The molecule has 1 aliphatic heterocycles. The average molecular weight is 486 g/mol. The molecule has 11 heteroatoms. The first-order valence-electron chi connectivity index (χ1n) is 12.0. The number of ether oxygens (including phenoxy) is 1. The summed E-state index contributed by atoms with van der Waals surface area (Å²) in [6.45, 7) is 2.72. The van der Waals surface area contributed by atoms with Crippen LogP contribution in [0.3, 0.4) is 0 Å². The van der Waals surface area contributed by atoms with Gasteiger partial charge in [-0.15, -0.1) is 0 Å². The number of rotatable bonds is 6. The fraction of sp³-hybridized carbons (Fsp3) is 0.500. The van der Waals surface area contributed by atoms with Crippen molar-refractivity contribution in [2.45, 2.75) is 63.6 Å². The zero-order chi connectivity index (χ0) is 24.5. The SMILES string of the molecule is C[C@H]1C[C@@H](Nc2ncc3nc(Nc4ccc(F)cc4F)n(C4CCC(C(N)=O)CC4)c3n2)CCO1. The standard InChI is InChI=1S/C24H29F2N7O2/c1-13-10-16(8-9-35-13)29-23-28-12-20-22(32-23)33(17-5-2-14(3-6-17)21(27)34)24(31-20)30-19-7-4-15(25)11-18(19)26/h4,7,11-14,16-17H,2-3,5-6,8-10H2,1H3,(H2,27,34)(H,30,31)(H,28,29,32)/t13-,14?,16-,17?/m0/s1. The van der Waals surface area contributed by atoms with Crippen LogP contribution in [-0.2, 0) is 9.53 Å². The van der Waals surface area contributed by atoms with Gasteiger partial charge in [-0.3, -0.25) is 9.36 Å². The number of halogens is 2. The molecule has 2 aliphatic rings. The number of carbonyl (C=O) groups excluding carboxylic acids is 1. The maximum atomic E-state index is 14.4. The van der Waals surface area contributed by atoms with E-state index in [0.29, 0.717) is 55.4 Å². The molecule has 186 valence electrons. The molecular formula is C24H29F2N7O2. The average Bonchev–Trinajstić information content (AvgIpc) is 3.18. The molecule has 1 aromatic carbocycles. The third-order valence-electron chi connectivity index (χ3n) is 6.89. The van der Waals surface area contributed by atoms with Crippen LogP contribution in [0.5, 0.6) is 0 Å². The highest BCUT2D eigenvalue weighted by Crippen LogP contribution is 2.37. The number of imidazole rings is 1. The molecule has 0 spiro atoms. The Morgan fingerprint density at radius 2 is 1.97 bits per heavy atom. The smallest absolute Gasteiger partial charge is 0.224 e. The summed E-state index contributed by atoms with van der Waals surface area (Å²) in [7, 11) is 0. The Morgan fingerprint density at radius 1 is 1.17 bits per heavy atom. The van der Waals surface area contributed by atoms with E-state index in [9.17, 15) is 13.6 Å². The van der Waals surface area contributed by atoms with Crippen LogP contribution in [-0.4, -0.2) is 44.2 Å². The van der Waals surface area contributed by atoms with Crippen LogP contribution in [0.4, 0.5) is 26.4 Å². The number of nitrogens with zero attached hydrogens (tertiary/aromatic N) is 4. The Hall–Kier alpha value is -3.34. The van der Waals surface area contributed by atoms with E-state index in [1.54, 1.807) is 6.20 Å². The van der Waals surface area contributed by atoms with Crippen molar-refractivity contribution in [2.75, 3.05) is 17.2 Å². The van der Waals surface area contributed by atoms with Crippen LogP contribution in [0.25, 0.3) is 11.2 Å². The highest BCUT2D eigenvalue weighted by Gasteiger charge is 2.29. The molecule has 35 heavy (non-hydrogen) atoms. The number of amides is 1. The van der Waals surface area contributed by atoms with Gasteiger partial charge in [0.1, 0.15) is 17.2 Å². The highest BCUT2D eigenvalue weighted by atomic mass is 19.1. The normalized spacial score (nSPS) is 24.9. The predicted molar refractivity (Wildman–Crippen MR) is 127 cm³/mol. The van der Waals surface area contributed by atoms with E-state index in [4.69, 9.17) is 15.5 Å². The van der Waals surface area contributed by atoms with E-state index in [0.717, 1.165) is 18.9 Å². The second-order valence-electron chi connectivity index (χ2n) is 9.41. The predicted octanol–water partition coefficient (Wildman–Crippen LogP) is 4.04. The number of aromatic nitrogens is 4. The van der Waals surface area contributed by atoms with Gasteiger partial charge in [0, 0.05) is 30.7 Å². The van der Waals surface area contributed by atoms with Crippen LogP contribution in [0.2, 0.25) is 0 Å². The number of hydrogen-bond donors (Lipinski definition) is 3. The molecule has 3 aromatic rings. The molecular weight excluding hydrogens is 456 g/mol. The minimum Gasteiger partial charge on any atom is -0.378 e. The first-order chi connectivity index (χ1) is 16.9. The lowest BCUT2D eigenvalue weighted by atomic mass is 9.85. The van der Waals surface area contributed by atoms with Crippen molar-refractivity contribution >= 4 is 34.7 Å². The summed E-state index contributed by atoms with van der Waals surface area (Å²) in [6.07, 6.45) is 6.23. The molecule has 2 fully saturated rings. The molecule has 2 atom stereocenters. The fourth-order valence-electron chi connectivity index (χ4n) is 5.04. The van der Waals surface area contributed by atoms with Crippen molar-refractivity contribution in [3.63, 3.8) is 0 Å². The van der Waals surface area contributed by atoms with Crippen molar-refractivity contribution in [2.24, 2.45) is 11.7 Å². The molecule has 0 bridgehead atoms. The van der Waals surface area contributed by atoms with Gasteiger partial charge >= 0.3 is 0 Å². The zero-order valence-electron chi connectivity index (χ0n) is 19.5. The summed E-state index contributed by atoms with van der Waals surface area (Å²) in [4.78, 5) is 25.5. The second-order valence-corrected chi connectivity index (χ2v) is 9.41. The molecule has 1 aliphatic carbocycles. The molecule has 4 N–H and O–H groups in total. The van der Waals surface area contributed by atoms with Gasteiger partial charge in [-0.1, -0.05) is 0 Å². The maximum Gasteiger partial charge on any atom is 0.224 e. The first-order valence-corrected chi connectivity index (χ1v) is 12.0. The molecule has 9 nitrogen and oxygen atoms in total. The summed E-state index contributed by atoms with van der Waals surface area (Å²) in [5.74, 6) is -0.944. The van der Waals surface area contributed by atoms with Crippen LogP contribution in [0, 0.1) is 17.6 Å². The number of nitrogens with one attached hydrogen (secondary N) is 2. The lowest BCUT2D eigenvalue weighted by molar-refractivity contribution is -0.122. The number of nitrogens with two attached hydrogens (primary N) is 1. The molecule has 5 rings (SSSR count). The zero-order valence-corrected chi connectivity index (χ0v) is 19.5. The number of hydrogen-bond acceptors (Lipinski definition) is 7. The molecule has 1 amide bonds. The van der Waals surface area contributed by atoms with Crippen LogP contribution in [0.1, 0.15) is 51.5 Å². The number of fused-ring (bicyclic) bond motifs is 1. The lowest BCUT2D eigenvalue weighted by Gasteiger charge is -2.29. The Morgan fingerprint density at radius 3 is 2.69 bits per heavy atom. The van der Waals surface area contributed by atoms with Crippen molar-refractivity contribution in [3.8, 4) is 0 Å². The van der Waals surface area contributed by atoms with Gasteiger partial charge < -0.3 is 21.1 Å². The summed E-state index contributed by atoms with van der Waals surface area (Å²) in [6, 6.07) is 3.53. The third-order valence-corrected chi connectivity index (χ3v) is 6.89. The second kappa shape index (κ2) is 9.73. The quantitative estimate of drug-likeness (QED) is 0.482. The maximum absolute atomic E-state index is 14.4. The van der Waals surface area contributed by atoms with E-state index in [1.807, 2.05) is 11.5 Å². The summed E-state index contributed by atoms with van der Waals surface area (Å²) < 4.78 is 35.4. The van der Waals surface area contributed by atoms with E-state index in [1.165, 1.54) is 12.1 Å². The van der Waals surface area contributed by atoms with Gasteiger partial charge in [-0.25, -0.2) is 18.7 Å². The minimum absolute atomic E-state index is 0.0209. The topological polar surface area (TPSA) is 120 Å². The number of carbonyl (C=O) groups is 1. The fourth-order valence-corrected chi connectivity index (χ4v) is 5.04. The number of benzene rings is 1. The Kier molecular flexibility index (Phi) is 6.50. The van der Waals surface area contributed by atoms with Gasteiger partial charge in [-0.2, -0.15) is 4.98 Å². The van der Waals surface area contributed by atoms with E-state index < -0.39 is 11.6 Å². The van der Waals surface area contributed by atoms with Crippen molar-refractivity contribution in [3.05, 3.63) is 36.0 Å². The van der Waals surface area contributed by atoms with E-state index >= 15 is 0 Å². The summed E-state index contributed by atoms with van der Waals surface area (Å²) >= 11 is 0. The van der Waals surface area contributed by atoms with Gasteiger partial charge in [0.05, 0.1) is 18.0 Å². The van der Waals surface area contributed by atoms with Crippen molar-refractivity contribution in [1.29, 1.82) is 0 Å². The molecule has 1 saturated heterocycles. The first kappa shape index (κ1) is 23.4. The van der Waals surface area contributed by atoms with Crippen LogP contribution >= 0.6 is 0 Å². The number of primary amides is 1. The Balaban J connectivity index is 1.49. The minimum atomic E-state index is -0.719. The molecule has 1 saturated carbocycles. The van der Waals surface area contributed by atoms with Crippen molar-refractivity contribution < 1.29 is 18.3 Å². The van der Waals surface area contributed by atoms with E-state index in [-0.39, 0.29) is 35.7 Å². The van der Waals surface area contributed by atoms with Crippen LogP contribution < -0.4 is 16.4 Å². The van der Waals surface area contributed by atoms with E-state index in [2.05, 4.69) is 20.6 Å². The van der Waals surface area contributed by atoms with Gasteiger partial charge in [0.2, 0.25) is 17.8 Å². The summed E-state index contributed by atoms with van der Waals surface area (Å²) in [5, 5.41) is 6.41. The highest BCUT2D eigenvalue weighted by molar-refractivity contribution is 5.78. The Labute approximate surface area is 201 Å². The summed E-state index contributed by atoms with van der Waals surface area (Å²) in [5.41, 5.74) is 6.79. The van der Waals surface area contributed by atoms with Gasteiger partial charge in [0.15, 0.2) is 5.65 Å². The third kappa shape index (κ3) is 5.04. The molecule has 3 heterocycles. The molecule has 0 radical (unpaired) electrons. The number of anilines is 3. The Bertz CT molecular complexity index is 1230. The monoisotopic (exact) mass is 485 g/mol. The van der Waals surface area contributed by atoms with Crippen molar-refractivity contribution in [1.82, 2.24) is 19.5 Å².